The average molecular weight is 490 g/mol. The Morgan fingerprint density at radius 1 is 1.10 bits per heavy atom. The van der Waals surface area contributed by atoms with Crippen LogP contribution >= 0.6 is 46.3 Å². The molecular formula is C21H13Cl2N3O3S2. The van der Waals surface area contributed by atoms with Gasteiger partial charge >= 0.3 is 0 Å². The normalized spacial score (nSPS) is 10.9. The number of amides is 1. The highest BCUT2D eigenvalue weighted by Gasteiger charge is 2.19. The first-order valence-corrected chi connectivity index (χ1v) is 11.5. The van der Waals surface area contributed by atoms with Crippen molar-refractivity contribution in [3.05, 3.63) is 92.0 Å². The van der Waals surface area contributed by atoms with Crippen molar-refractivity contribution in [3.8, 4) is 0 Å². The molecule has 0 bridgehead atoms. The predicted molar refractivity (Wildman–Crippen MR) is 127 cm³/mol. The third-order valence-electron chi connectivity index (χ3n) is 4.37. The van der Waals surface area contributed by atoms with Gasteiger partial charge in [0.2, 0.25) is 0 Å². The molecule has 0 spiro atoms. The van der Waals surface area contributed by atoms with E-state index in [1.54, 1.807) is 42.5 Å². The maximum Gasteiger partial charge on any atom is 0.282 e. The van der Waals surface area contributed by atoms with Gasteiger partial charge in [0, 0.05) is 27.6 Å². The largest absolute Gasteiger partial charge is 0.322 e. The number of halogens is 2. The van der Waals surface area contributed by atoms with Gasteiger partial charge in [0.15, 0.2) is 4.34 Å². The first-order valence-electron chi connectivity index (χ1n) is 8.93. The summed E-state index contributed by atoms with van der Waals surface area (Å²) < 4.78 is 1.72. The molecule has 0 saturated carbocycles. The van der Waals surface area contributed by atoms with Crippen molar-refractivity contribution in [1.82, 2.24) is 4.98 Å². The second-order valence-corrected chi connectivity index (χ2v) is 9.45. The van der Waals surface area contributed by atoms with Crippen molar-refractivity contribution in [2.45, 2.75) is 10.1 Å². The number of nitro groups is 1. The number of aromatic nitrogens is 1. The number of para-hydroxylation sites is 1. The molecule has 31 heavy (non-hydrogen) atoms. The van der Waals surface area contributed by atoms with Crippen LogP contribution in [0.5, 0.6) is 0 Å². The molecule has 10 heteroatoms. The van der Waals surface area contributed by atoms with Crippen molar-refractivity contribution < 1.29 is 9.72 Å². The second-order valence-electron chi connectivity index (χ2n) is 6.38. The topological polar surface area (TPSA) is 85.1 Å². The molecule has 0 unspecified atom stereocenters. The standard InChI is InChI=1S/C21H13Cl2N3O3S2/c22-15-5-3-6-16(23)14(15)11-30-21-25-17-9-8-12(10-19(17)31-21)24-20(27)13-4-1-2-7-18(13)26(28)29/h1-10H,11H2,(H,24,27). The molecule has 0 atom stereocenters. The number of nitrogens with zero attached hydrogens (tertiary/aromatic N) is 2. The molecule has 0 radical (unpaired) electrons. The van der Waals surface area contributed by atoms with Gasteiger partial charge in [-0.05, 0) is 42.0 Å². The van der Waals surface area contributed by atoms with Gasteiger partial charge in [-0.2, -0.15) is 0 Å². The van der Waals surface area contributed by atoms with E-state index in [9.17, 15) is 14.9 Å². The summed E-state index contributed by atoms with van der Waals surface area (Å²) in [7, 11) is 0. The highest BCUT2D eigenvalue weighted by Crippen LogP contribution is 2.36. The van der Waals surface area contributed by atoms with Gasteiger partial charge in [-0.25, -0.2) is 4.98 Å². The van der Waals surface area contributed by atoms with E-state index in [1.807, 2.05) is 0 Å². The van der Waals surface area contributed by atoms with Crippen LogP contribution in [0.3, 0.4) is 0 Å². The first kappa shape index (κ1) is 21.6. The minimum Gasteiger partial charge on any atom is -0.322 e. The molecule has 0 saturated heterocycles. The number of thiazole rings is 1. The summed E-state index contributed by atoms with van der Waals surface area (Å²) in [6.07, 6.45) is 0. The van der Waals surface area contributed by atoms with Gasteiger partial charge in [-0.15, -0.1) is 11.3 Å². The zero-order valence-electron chi connectivity index (χ0n) is 15.7. The Hall–Kier alpha value is -2.65. The van der Waals surface area contributed by atoms with Gasteiger partial charge in [0.25, 0.3) is 11.6 Å². The number of carbonyl (C=O) groups excluding carboxylic acids is 1. The van der Waals surface area contributed by atoms with Crippen LogP contribution in [-0.2, 0) is 5.75 Å². The van der Waals surface area contributed by atoms with E-state index in [0.29, 0.717) is 21.5 Å². The van der Waals surface area contributed by atoms with Crippen LogP contribution in [0, 0.1) is 10.1 Å². The van der Waals surface area contributed by atoms with Crippen LogP contribution < -0.4 is 5.32 Å². The van der Waals surface area contributed by atoms with Crippen LogP contribution in [0.1, 0.15) is 15.9 Å². The fourth-order valence-electron chi connectivity index (χ4n) is 2.87. The molecule has 0 fully saturated rings. The monoisotopic (exact) mass is 489 g/mol. The molecule has 0 aliphatic carbocycles. The first-order chi connectivity index (χ1) is 14.9. The van der Waals surface area contributed by atoms with Crippen LogP contribution in [-0.4, -0.2) is 15.8 Å². The van der Waals surface area contributed by atoms with Crippen molar-refractivity contribution in [3.63, 3.8) is 0 Å². The van der Waals surface area contributed by atoms with Crippen molar-refractivity contribution in [2.24, 2.45) is 0 Å². The molecule has 4 aromatic rings. The quantitative estimate of drug-likeness (QED) is 0.178. The number of anilines is 1. The number of nitro benzene ring substituents is 1. The molecule has 1 N–H and O–H groups in total. The molecule has 1 aromatic heterocycles. The summed E-state index contributed by atoms with van der Waals surface area (Å²) >= 11 is 15.5. The van der Waals surface area contributed by atoms with Crippen molar-refractivity contribution in [1.29, 1.82) is 0 Å². The predicted octanol–water partition coefficient (Wildman–Crippen LogP) is 7.06. The van der Waals surface area contributed by atoms with Gasteiger partial charge in [0.1, 0.15) is 5.56 Å². The SMILES string of the molecule is O=C(Nc1ccc2nc(SCc3c(Cl)cccc3Cl)sc2c1)c1ccccc1[N+](=O)[O-]. The minimum absolute atomic E-state index is 0.00441. The number of hydrogen-bond acceptors (Lipinski definition) is 6. The Kier molecular flexibility index (Phi) is 6.43. The van der Waals surface area contributed by atoms with E-state index >= 15 is 0 Å². The van der Waals surface area contributed by atoms with E-state index in [2.05, 4.69) is 10.3 Å². The molecule has 1 heterocycles. The van der Waals surface area contributed by atoms with Crippen LogP contribution in [0.2, 0.25) is 10.0 Å². The smallest absolute Gasteiger partial charge is 0.282 e. The number of thioether (sulfide) groups is 1. The summed E-state index contributed by atoms with van der Waals surface area (Å²) in [5.74, 6) is 0.0405. The number of hydrogen-bond donors (Lipinski definition) is 1. The summed E-state index contributed by atoms with van der Waals surface area (Å²) in [5, 5.41) is 15.1. The lowest BCUT2D eigenvalue weighted by molar-refractivity contribution is -0.385. The molecule has 0 aliphatic rings. The fraction of sp³-hybridized carbons (Fsp3) is 0.0476. The third-order valence-corrected chi connectivity index (χ3v) is 7.27. The Morgan fingerprint density at radius 2 is 1.84 bits per heavy atom. The zero-order chi connectivity index (χ0) is 22.0. The number of nitrogens with one attached hydrogen (secondary N) is 1. The zero-order valence-corrected chi connectivity index (χ0v) is 18.8. The van der Waals surface area contributed by atoms with E-state index in [0.717, 1.165) is 20.1 Å². The summed E-state index contributed by atoms with van der Waals surface area (Å²) in [6, 6.07) is 16.5. The summed E-state index contributed by atoms with van der Waals surface area (Å²) in [6.45, 7) is 0. The molecule has 0 aliphatic heterocycles. The number of rotatable bonds is 6. The molecular weight excluding hydrogens is 477 g/mol. The minimum atomic E-state index is -0.573. The average Bonchev–Trinajstić information content (AvgIpc) is 3.15. The lowest BCUT2D eigenvalue weighted by atomic mass is 10.1. The number of benzene rings is 3. The fourth-order valence-corrected chi connectivity index (χ4v) is 5.72. The lowest BCUT2D eigenvalue weighted by Crippen LogP contribution is -2.13. The Labute approximate surface area is 195 Å². The molecule has 1 amide bonds. The van der Waals surface area contributed by atoms with Crippen LogP contribution in [0.15, 0.2) is 65.0 Å². The Bertz CT molecular complexity index is 1290. The Balaban J connectivity index is 1.52. The van der Waals surface area contributed by atoms with Crippen molar-refractivity contribution >= 4 is 73.8 Å². The maximum absolute atomic E-state index is 12.5. The number of carbonyl (C=O) groups is 1. The van der Waals surface area contributed by atoms with Gasteiger partial charge < -0.3 is 5.32 Å². The second kappa shape index (κ2) is 9.23. The van der Waals surface area contributed by atoms with Crippen LogP contribution in [0.25, 0.3) is 10.2 Å². The van der Waals surface area contributed by atoms with Gasteiger partial charge in [-0.3, -0.25) is 14.9 Å². The van der Waals surface area contributed by atoms with E-state index in [-0.39, 0.29) is 11.3 Å². The Morgan fingerprint density at radius 3 is 2.58 bits per heavy atom. The molecule has 3 aromatic carbocycles. The van der Waals surface area contributed by atoms with Gasteiger partial charge in [-0.1, -0.05) is 53.2 Å². The highest BCUT2D eigenvalue weighted by atomic mass is 35.5. The maximum atomic E-state index is 12.5. The lowest BCUT2D eigenvalue weighted by Gasteiger charge is -2.05. The van der Waals surface area contributed by atoms with E-state index in [1.165, 1.54) is 41.3 Å². The highest BCUT2D eigenvalue weighted by molar-refractivity contribution is 8.00. The van der Waals surface area contributed by atoms with E-state index < -0.39 is 10.8 Å². The summed E-state index contributed by atoms with van der Waals surface area (Å²) in [5.41, 5.74) is 1.94. The van der Waals surface area contributed by atoms with Crippen LogP contribution in [0.4, 0.5) is 11.4 Å². The molecule has 156 valence electrons. The van der Waals surface area contributed by atoms with Gasteiger partial charge in [0.05, 0.1) is 15.1 Å². The molecule has 4 rings (SSSR count). The molecule has 6 nitrogen and oxygen atoms in total. The number of fused-ring (bicyclic) bond motifs is 1. The van der Waals surface area contributed by atoms with Crippen molar-refractivity contribution in [2.75, 3.05) is 5.32 Å². The summed E-state index contributed by atoms with van der Waals surface area (Å²) in [4.78, 5) is 27.7. The third kappa shape index (κ3) is 4.83. The van der Waals surface area contributed by atoms with E-state index in [4.69, 9.17) is 23.2 Å².